The van der Waals surface area contributed by atoms with Crippen LogP contribution in [0.1, 0.15) is 16.8 Å². The van der Waals surface area contributed by atoms with E-state index in [0.29, 0.717) is 16.3 Å². The largest absolute Gasteiger partial charge is 0.352 e. The fourth-order valence-corrected chi connectivity index (χ4v) is 2.40. The molecule has 2 rings (SSSR count). The minimum absolute atomic E-state index is 0.101. The van der Waals surface area contributed by atoms with Crippen LogP contribution in [0, 0.1) is 0 Å². The van der Waals surface area contributed by atoms with Gasteiger partial charge in [0.15, 0.2) is 0 Å². The lowest BCUT2D eigenvalue weighted by atomic mass is 10.2. The number of amides is 3. The Morgan fingerprint density at radius 3 is 2.35 bits per heavy atom. The maximum Gasteiger partial charge on any atom is 0.251 e. The van der Waals surface area contributed by atoms with Crippen LogP contribution >= 0.6 is 11.6 Å². The Morgan fingerprint density at radius 1 is 1.00 bits per heavy atom. The Morgan fingerprint density at radius 2 is 1.65 bits per heavy atom. The summed E-state index contributed by atoms with van der Waals surface area (Å²) < 4.78 is 0. The zero-order chi connectivity index (χ0) is 18.9. The lowest BCUT2D eigenvalue weighted by molar-refractivity contribution is -0.133. The van der Waals surface area contributed by atoms with E-state index in [1.165, 1.54) is 11.9 Å². The van der Waals surface area contributed by atoms with Crippen molar-refractivity contribution in [2.24, 2.45) is 0 Å². The topological polar surface area (TPSA) is 78.5 Å². The molecule has 0 aliphatic rings. The number of nitrogens with one attached hydrogen (secondary N) is 2. The number of nitrogens with zero attached hydrogens (tertiary/aromatic N) is 1. The van der Waals surface area contributed by atoms with Crippen molar-refractivity contribution >= 4 is 35.0 Å². The van der Waals surface area contributed by atoms with Crippen molar-refractivity contribution < 1.29 is 14.4 Å². The molecule has 0 fully saturated rings. The molecule has 0 aliphatic heterocycles. The minimum Gasteiger partial charge on any atom is -0.352 e. The molecule has 0 radical (unpaired) electrons. The van der Waals surface area contributed by atoms with E-state index >= 15 is 0 Å². The zero-order valence-corrected chi connectivity index (χ0v) is 15.1. The second-order valence-corrected chi connectivity index (χ2v) is 6.06. The van der Waals surface area contributed by atoms with Crippen LogP contribution in [0.4, 0.5) is 5.69 Å². The maximum atomic E-state index is 12.1. The lowest BCUT2D eigenvalue weighted by Gasteiger charge is -2.17. The van der Waals surface area contributed by atoms with Crippen molar-refractivity contribution in [3.63, 3.8) is 0 Å². The lowest BCUT2D eigenvalue weighted by Crippen LogP contribution is -2.37. The second kappa shape index (κ2) is 9.58. The van der Waals surface area contributed by atoms with Crippen molar-refractivity contribution in [2.75, 3.05) is 25.5 Å². The standard InChI is InChI=1S/C19H20ClN3O3/c1-23(13-17(24)22-16-10-6-5-9-15(16)20)18(25)11-12-21-19(26)14-7-3-2-4-8-14/h2-10H,11-13H2,1H3,(H,21,26)(H,22,24). The number of carbonyl (C=O) groups is 3. The number of anilines is 1. The molecular formula is C19H20ClN3O3. The Labute approximate surface area is 157 Å². The first kappa shape index (κ1) is 19.5. The van der Waals surface area contributed by atoms with Crippen LogP contribution in [0.15, 0.2) is 54.6 Å². The molecule has 0 spiro atoms. The summed E-state index contributed by atoms with van der Waals surface area (Å²) >= 11 is 5.98. The molecule has 0 atom stereocenters. The van der Waals surface area contributed by atoms with Crippen LogP contribution in [-0.4, -0.2) is 42.8 Å². The quantitative estimate of drug-likeness (QED) is 0.782. The fourth-order valence-electron chi connectivity index (χ4n) is 2.22. The summed E-state index contributed by atoms with van der Waals surface area (Å²) in [7, 11) is 1.54. The van der Waals surface area contributed by atoms with Crippen LogP contribution in [0.3, 0.4) is 0 Å². The highest BCUT2D eigenvalue weighted by molar-refractivity contribution is 6.33. The van der Waals surface area contributed by atoms with E-state index in [4.69, 9.17) is 11.6 Å². The molecule has 3 amide bonds. The van der Waals surface area contributed by atoms with Crippen molar-refractivity contribution in [1.82, 2.24) is 10.2 Å². The van der Waals surface area contributed by atoms with Gasteiger partial charge >= 0.3 is 0 Å². The van der Waals surface area contributed by atoms with E-state index < -0.39 is 0 Å². The first-order chi connectivity index (χ1) is 12.5. The zero-order valence-electron chi connectivity index (χ0n) is 14.4. The predicted molar refractivity (Wildman–Crippen MR) is 101 cm³/mol. The number of halogens is 1. The molecule has 7 heteroatoms. The van der Waals surface area contributed by atoms with Gasteiger partial charge in [-0.2, -0.15) is 0 Å². The Hall–Kier alpha value is -2.86. The average Bonchev–Trinajstić information content (AvgIpc) is 2.64. The van der Waals surface area contributed by atoms with E-state index in [2.05, 4.69) is 10.6 Å². The molecule has 2 N–H and O–H groups in total. The van der Waals surface area contributed by atoms with Gasteiger partial charge in [-0.1, -0.05) is 41.9 Å². The third-order valence-corrected chi connectivity index (χ3v) is 3.94. The molecule has 0 bridgehead atoms. The van der Waals surface area contributed by atoms with Crippen LogP contribution in [0.5, 0.6) is 0 Å². The first-order valence-corrected chi connectivity index (χ1v) is 8.47. The van der Waals surface area contributed by atoms with Gasteiger partial charge in [0.25, 0.3) is 5.91 Å². The van der Waals surface area contributed by atoms with Gasteiger partial charge < -0.3 is 15.5 Å². The monoisotopic (exact) mass is 373 g/mol. The number of likely N-dealkylation sites (N-methyl/N-ethyl adjacent to an activating group) is 1. The molecule has 6 nitrogen and oxygen atoms in total. The maximum absolute atomic E-state index is 12.1. The molecule has 26 heavy (non-hydrogen) atoms. The fraction of sp³-hybridized carbons (Fsp3) is 0.211. The van der Waals surface area contributed by atoms with Crippen molar-refractivity contribution in [3.8, 4) is 0 Å². The summed E-state index contributed by atoms with van der Waals surface area (Å²) in [6, 6.07) is 15.6. The van der Waals surface area contributed by atoms with E-state index in [1.807, 2.05) is 6.07 Å². The molecular weight excluding hydrogens is 354 g/mol. The van der Waals surface area contributed by atoms with Gasteiger partial charge in [0.2, 0.25) is 11.8 Å². The molecule has 0 saturated heterocycles. The average molecular weight is 374 g/mol. The molecule has 0 aliphatic carbocycles. The highest BCUT2D eigenvalue weighted by atomic mass is 35.5. The second-order valence-electron chi connectivity index (χ2n) is 5.65. The number of carbonyl (C=O) groups excluding carboxylic acids is 3. The highest BCUT2D eigenvalue weighted by Gasteiger charge is 2.14. The molecule has 0 unspecified atom stereocenters. The molecule has 2 aromatic rings. The van der Waals surface area contributed by atoms with Crippen LogP contribution in [-0.2, 0) is 9.59 Å². The van der Waals surface area contributed by atoms with Gasteiger partial charge in [0.05, 0.1) is 17.3 Å². The van der Waals surface area contributed by atoms with Crippen molar-refractivity contribution in [3.05, 3.63) is 65.2 Å². The minimum atomic E-state index is -0.345. The summed E-state index contributed by atoms with van der Waals surface area (Å²) in [5.74, 6) is -0.826. The number of benzene rings is 2. The summed E-state index contributed by atoms with van der Waals surface area (Å²) in [5.41, 5.74) is 1.03. The Balaban J connectivity index is 1.74. The summed E-state index contributed by atoms with van der Waals surface area (Å²) in [6.45, 7) is 0.0969. The number of hydrogen-bond acceptors (Lipinski definition) is 3. The Kier molecular flexibility index (Phi) is 7.17. The highest BCUT2D eigenvalue weighted by Crippen LogP contribution is 2.20. The third kappa shape index (κ3) is 5.89. The van der Waals surface area contributed by atoms with Crippen LogP contribution < -0.4 is 10.6 Å². The summed E-state index contributed by atoms with van der Waals surface area (Å²) in [4.78, 5) is 37.3. The van der Waals surface area contributed by atoms with E-state index in [1.54, 1.807) is 48.5 Å². The first-order valence-electron chi connectivity index (χ1n) is 8.09. The number of para-hydroxylation sites is 1. The summed E-state index contributed by atoms with van der Waals surface area (Å²) in [6.07, 6.45) is 0.106. The summed E-state index contributed by atoms with van der Waals surface area (Å²) in [5, 5.41) is 5.77. The molecule has 0 saturated carbocycles. The smallest absolute Gasteiger partial charge is 0.251 e. The van der Waals surface area contributed by atoms with Crippen LogP contribution in [0.2, 0.25) is 5.02 Å². The van der Waals surface area contributed by atoms with Gasteiger partial charge in [0, 0.05) is 25.6 Å². The number of rotatable bonds is 7. The van der Waals surface area contributed by atoms with Crippen molar-refractivity contribution in [1.29, 1.82) is 0 Å². The third-order valence-electron chi connectivity index (χ3n) is 3.61. The van der Waals surface area contributed by atoms with Gasteiger partial charge in [-0.05, 0) is 24.3 Å². The van der Waals surface area contributed by atoms with Gasteiger partial charge in [-0.25, -0.2) is 0 Å². The van der Waals surface area contributed by atoms with E-state index in [0.717, 1.165) is 0 Å². The molecule has 0 aromatic heterocycles. The van der Waals surface area contributed by atoms with Gasteiger partial charge in [-0.15, -0.1) is 0 Å². The Bertz CT molecular complexity index is 781. The molecule has 0 heterocycles. The van der Waals surface area contributed by atoms with Gasteiger partial charge in [0.1, 0.15) is 0 Å². The van der Waals surface area contributed by atoms with Gasteiger partial charge in [-0.3, -0.25) is 14.4 Å². The van der Waals surface area contributed by atoms with E-state index in [-0.39, 0.29) is 37.2 Å². The van der Waals surface area contributed by atoms with Crippen molar-refractivity contribution in [2.45, 2.75) is 6.42 Å². The van der Waals surface area contributed by atoms with Crippen LogP contribution in [0.25, 0.3) is 0 Å². The number of hydrogen-bond donors (Lipinski definition) is 2. The van der Waals surface area contributed by atoms with E-state index in [9.17, 15) is 14.4 Å². The normalized spacial score (nSPS) is 10.1. The SMILES string of the molecule is CN(CC(=O)Nc1ccccc1Cl)C(=O)CCNC(=O)c1ccccc1. The molecule has 136 valence electrons. The molecule has 2 aromatic carbocycles. The predicted octanol–water partition coefficient (Wildman–Crippen LogP) is 2.56.